The van der Waals surface area contributed by atoms with Gasteiger partial charge in [-0.15, -0.1) is 5.10 Å². The Morgan fingerprint density at radius 3 is 2.86 bits per heavy atom. The molecule has 1 aromatic heterocycles. The zero-order chi connectivity index (χ0) is 5.11. The molecule has 0 aliphatic rings. The van der Waals surface area contributed by atoms with E-state index >= 15 is 0 Å². The van der Waals surface area contributed by atoms with Crippen LogP contribution >= 0.6 is 0 Å². The third-order valence-corrected chi connectivity index (χ3v) is 0.473. The van der Waals surface area contributed by atoms with Crippen molar-refractivity contribution < 1.29 is 4.79 Å². The van der Waals surface area contributed by atoms with Gasteiger partial charge in [0.15, 0.2) is 0 Å². The van der Waals surface area contributed by atoms with Crippen molar-refractivity contribution in [3.8, 4) is 0 Å². The van der Waals surface area contributed by atoms with E-state index in [2.05, 4.69) is 15.5 Å². The topological polar surface area (TPSA) is 60.7 Å². The van der Waals surface area contributed by atoms with E-state index < -0.39 is 0 Å². The smallest absolute Gasteiger partial charge is 0.237 e. The Morgan fingerprint density at radius 2 is 2.57 bits per heavy atom. The van der Waals surface area contributed by atoms with Crippen LogP contribution in [0, 0.1) is 0 Å². The average molecular weight is 98.1 g/mol. The third kappa shape index (κ3) is 0.594. The van der Waals surface area contributed by atoms with Crippen LogP contribution < -0.4 is 0 Å². The van der Waals surface area contributed by atoms with Crippen LogP contribution in [-0.2, 0) is 4.79 Å². The molecule has 0 bridgehead atoms. The molecule has 0 atom stereocenters. The molecule has 7 heavy (non-hydrogen) atoms. The molecule has 1 heterocycles. The maximum absolute atomic E-state index is 9.69. The van der Waals surface area contributed by atoms with E-state index in [4.69, 9.17) is 0 Å². The van der Waals surface area contributed by atoms with Gasteiger partial charge in [0.2, 0.25) is 6.41 Å². The number of hydrogen-bond acceptors (Lipinski definition) is 4. The summed E-state index contributed by atoms with van der Waals surface area (Å²) in [5.74, 6) is 0. The van der Waals surface area contributed by atoms with Gasteiger partial charge in [-0.3, -0.25) is 4.79 Å². The standard InChI is InChI=1S/C2H2N4O/c7-2-6-1-3-4-5-6/h1-2H. The van der Waals surface area contributed by atoms with Gasteiger partial charge in [0.1, 0.15) is 6.33 Å². The van der Waals surface area contributed by atoms with Gasteiger partial charge in [-0.2, -0.15) is 4.68 Å². The van der Waals surface area contributed by atoms with Crippen LogP contribution in [0.2, 0.25) is 0 Å². The van der Waals surface area contributed by atoms with E-state index in [1.54, 1.807) is 0 Å². The minimum absolute atomic E-state index is 0.514. The molecule has 0 fully saturated rings. The Bertz CT molecular complexity index is 145. The summed E-state index contributed by atoms with van der Waals surface area (Å²) in [5.41, 5.74) is 0. The van der Waals surface area contributed by atoms with Crippen molar-refractivity contribution in [1.82, 2.24) is 20.2 Å². The lowest BCUT2D eigenvalue weighted by Gasteiger charge is -1.70. The first-order chi connectivity index (χ1) is 3.43. The first-order valence-electron chi connectivity index (χ1n) is 1.61. The minimum atomic E-state index is 0.514. The largest absolute Gasteiger partial charge is 0.276 e. The summed E-state index contributed by atoms with van der Waals surface area (Å²) in [6.45, 7) is 0. The summed E-state index contributed by atoms with van der Waals surface area (Å²) in [5, 5.41) is 9.61. The molecule has 0 aliphatic carbocycles. The molecule has 0 spiro atoms. The van der Waals surface area contributed by atoms with E-state index in [9.17, 15) is 4.79 Å². The Balaban J connectivity index is 2.96. The maximum atomic E-state index is 9.69. The van der Waals surface area contributed by atoms with Crippen molar-refractivity contribution in [3.05, 3.63) is 6.33 Å². The molecule has 0 aromatic carbocycles. The van der Waals surface area contributed by atoms with E-state index in [-0.39, 0.29) is 0 Å². The second kappa shape index (κ2) is 1.46. The highest BCUT2D eigenvalue weighted by molar-refractivity contribution is 5.48. The average Bonchev–Trinajstić information content (AvgIpc) is 2.14. The van der Waals surface area contributed by atoms with Gasteiger partial charge in [-0.05, 0) is 10.4 Å². The van der Waals surface area contributed by atoms with Gasteiger partial charge in [0.25, 0.3) is 0 Å². The summed E-state index contributed by atoms with van der Waals surface area (Å²) < 4.78 is 0.972. The molecule has 0 unspecified atom stereocenters. The summed E-state index contributed by atoms with van der Waals surface area (Å²) in [7, 11) is 0. The molecule has 36 valence electrons. The van der Waals surface area contributed by atoms with Crippen LogP contribution in [0.4, 0.5) is 0 Å². The Morgan fingerprint density at radius 1 is 1.71 bits per heavy atom. The number of hydrogen-bond donors (Lipinski definition) is 0. The van der Waals surface area contributed by atoms with E-state index in [1.165, 1.54) is 6.33 Å². The number of tetrazole rings is 1. The van der Waals surface area contributed by atoms with Gasteiger partial charge in [0, 0.05) is 0 Å². The predicted octanol–water partition coefficient (Wildman–Crippen LogP) is -1.29. The van der Waals surface area contributed by atoms with Gasteiger partial charge in [-0.25, -0.2) is 0 Å². The fraction of sp³-hybridized carbons (Fsp3) is 0. The lowest BCUT2D eigenvalue weighted by Crippen LogP contribution is -1.93. The third-order valence-electron chi connectivity index (χ3n) is 0.473. The van der Waals surface area contributed by atoms with Crippen LogP contribution in [-0.4, -0.2) is 26.6 Å². The normalized spacial score (nSPS) is 8.57. The minimum Gasteiger partial charge on any atom is -0.276 e. The van der Waals surface area contributed by atoms with Gasteiger partial charge in [-0.1, -0.05) is 0 Å². The predicted molar refractivity (Wildman–Crippen MR) is 20.0 cm³/mol. The molecule has 0 N–H and O–H groups in total. The summed E-state index contributed by atoms with van der Waals surface area (Å²) in [6.07, 6.45) is 1.73. The van der Waals surface area contributed by atoms with E-state index in [0.29, 0.717) is 6.41 Å². The monoisotopic (exact) mass is 98.0 g/mol. The molecular weight excluding hydrogens is 96.0 g/mol. The van der Waals surface area contributed by atoms with E-state index in [0.717, 1.165) is 4.68 Å². The number of rotatable bonds is 1. The highest BCUT2D eigenvalue weighted by Crippen LogP contribution is 1.60. The first-order valence-corrected chi connectivity index (χ1v) is 1.61. The molecule has 0 radical (unpaired) electrons. The van der Waals surface area contributed by atoms with Gasteiger partial charge < -0.3 is 0 Å². The molecule has 5 heteroatoms. The molecule has 0 aliphatic heterocycles. The zero-order valence-corrected chi connectivity index (χ0v) is 3.35. The number of aromatic nitrogens is 4. The Kier molecular flexibility index (Phi) is 0.816. The van der Waals surface area contributed by atoms with Crippen LogP contribution in [0.3, 0.4) is 0 Å². The quantitative estimate of drug-likeness (QED) is 0.324. The summed E-state index contributed by atoms with van der Waals surface area (Å²) in [4.78, 5) is 9.69. The number of carbonyl (C=O) groups excluding carboxylic acids is 1. The molecule has 1 rings (SSSR count). The molecule has 5 nitrogen and oxygen atoms in total. The van der Waals surface area contributed by atoms with Crippen molar-refractivity contribution in [2.75, 3.05) is 0 Å². The van der Waals surface area contributed by atoms with Crippen molar-refractivity contribution in [2.45, 2.75) is 0 Å². The zero-order valence-electron chi connectivity index (χ0n) is 3.35. The van der Waals surface area contributed by atoms with Gasteiger partial charge >= 0.3 is 0 Å². The van der Waals surface area contributed by atoms with Crippen LogP contribution in [0.15, 0.2) is 6.33 Å². The molecule has 0 saturated heterocycles. The SMILES string of the molecule is O=Cn1cnnn1. The van der Waals surface area contributed by atoms with Crippen molar-refractivity contribution in [1.29, 1.82) is 0 Å². The number of nitrogens with zero attached hydrogens (tertiary/aromatic N) is 4. The molecular formula is C2H2N4O. The summed E-state index contributed by atoms with van der Waals surface area (Å²) in [6, 6.07) is 0. The second-order valence-electron chi connectivity index (χ2n) is 0.895. The first kappa shape index (κ1) is 3.91. The second-order valence-corrected chi connectivity index (χ2v) is 0.895. The Hall–Kier alpha value is -1.26. The highest BCUT2D eigenvalue weighted by Gasteiger charge is 1.80. The highest BCUT2D eigenvalue weighted by atomic mass is 16.1. The van der Waals surface area contributed by atoms with Crippen molar-refractivity contribution >= 4 is 6.41 Å². The van der Waals surface area contributed by atoms with Crippen LogP contribution in [0.5, 0.6) is 0 Å². The van der Waals surface area contributed by atoms with Gasteiger partial charge in [0.05, 0.1) is 0 Å². The fourth-order valence-electron chi connectivity index (χ4n) is 0.217. The lowest BCUT2D eigenvalue weighted by molar-refractivity contribution is 0.538. The van der Waals surface area contributed by atoms with Crippen molar-refractivity contribution in [2.24, 2.45) is 0 Å². The lowest BCUT2D eigenvalue weighted by atomic mass is 11.2. The van der Waals surface area contributed by atoms with Crippen LogP contribution in [0.1, 0.15) is 0 Å². The summed E-state index contributed by atoms with van der Waals surface area (Å²) >= 11 is 0. The van der Waals surface area contributed by atoms with E-state index in [1.807, 2.05) is 0 Å². The molecule has 1 aromatic rings. The maximum Gasteiger partial charge on any atom is 0.237 e. The van der Waals surface area contributed by atoms with Crippen molar-refractivity contribution in [3.63, 3.8) is 0 Å². The number of carbonyl (C=O) groups is 1. The molecule has 0 saturated carbocycles. The molecule has 0 amide bonds. The fourth-order valence-corrected chi connectivity index (χ4v) is 0.217. The van der Waals surface area contributed by atoms with Crippen LogP contribution in [0.25, 0.3) is 0 Å². The Labute approximate surface area is 38.9 Å².